The molecular weight excluding hydrogens is 206 g/mol. The molecule has 1 aliphatic rings. The molecule has 16 heavy (non-hydrogen) atoms. The van der Waals surface area contributed by atoms with E-state index < -0.39 is 4.92 Å². The van der Waals surface area contributed by atoms with Crippen LogP contribution in [0.15, 0.2) is 18.3 Å². The summed E-state index contributed by atoms with van der Waals surface area (Å²) in [4.78, 5) is 16.1. The first-order valence-electron chi connectivity index (χ1n) is 5.55. The Kier molecular flexibility index (Phi) is 3.03. The van der Waals surface area contributed by atoms with Gasteiger partial charge < -0.3 is 15.0 Å². The number of anilines is 1. The molecule has 1 atom stereocenters. The second-order valence-corrected chi connectivity index (χ2v) is 4.17. The standard InChI is InChI=1S/C11H15N3O2/c1-9-4-2-3-7-13(9)10-5-6-11(12-8-10)14(15)16/h5-6,8-9H,2-4,7H2,1H3/t9-/m1/s1. The molecule has 0 unspecified atom stereocenters. The van der Waals surface area contributed by atoms with E-state index in [1.807, 2.05) is 0 Å². The fraction of sp³-hybridized carbons (Fsp3) is 0.545. The number of piperidine rings is 1. The van der Waals surface area contributed by atoms with Crippen molar-refractivity contribution in [3.8, 4) is 0 Å². The third-order valence-corrected chi connectivity index (χ3v) is 3.05. The lowest BCUT2D eigenvalue weighted by Gasteiger charge is -2.34. The van der Waals surface area contributed by atoms with E-state index in [0.717, 1.165) is 12.2 Å². The van der Waals surface area contributed by atoms with E-state index in [0.29, 0.717) is 6.04 Å². The lowest BCUT2D eigenvalue weighted by atomic mass is 10.0. The molecule has 0 saturated carbocycles. The zero-order chi connectivity index (χ0) is 11.5. The Balaban J connectivity index is 2.17. The van der Waals surface area contributed by atoms with E-state index >= 15 is 0 Å². The fourth-order valence-corrected chi connectivity index (χ4v) is 2.14. The predicted octanol–water partition coefficient (Wildman–Crippen LogP) is 2.37. The van der Waals surface area contributed by atoms with Crippen LogP contribution in [0, 0.1) is 10.1 Å². The Labute approximate surface area is 94.2 Å². The van der Waals surface area contributed by atoms with Crippen LogP contribution < -0.4 is 4.90 Å². The summed E-state index contributed by atoms with van der Waals surface area (Å²) < 4.78 is 0. The maximum absolute atomic E-state index is 10.5. The van der Waals surface area contributed by atoms with Crippen molar-refractivity contribution in [1.29, 1.82) is 0 Å². The van der Waals surface area contributed by atoms with Gasteiger partial charge in [0.2, 0.25) is 0 Å². The van der Waals surface area contributed by atoms with Gasteiger partial charge in [0.1, 0.15) is 0 Å². The summed E-state index contributed by atoms with van der Waals surface area (Å²) in [6.07, 6.45) is 5.22. The molecule has 2 heterocycles. The summed E-state index contributed by atoms with van der Waals surface area (Å²) in [6, 6.07) is 3.75. The first-order valence-corrected chi connectivity index (χ1v) is 5.55. The van der Waals surface area contributed by atoms with Crippen LogP contribution in [0.3, 0.4) is 0 Å². The maximum atomic E-state index is 10.5. The lowest BCUT2D eigenvalue weighted by molar-refractivity contribution is -0.389. The van der Waals surface area contributed by atoms with Crippen LogP contribution in [0.5, 0.6) is 0 Å². The van der Waals surface area contributed by atoms with Gasteiger partial charge in [0.15, 0.2) is 6.20 Å². The van der Waals surface area contributed by atoms with E-state index in [9.17, 15) is 10.1 Å². The molecular formula is C11H15N3O2. The van der Waals surface area contributed by atoms with E-state index in [4.69, 9.17) is 0 Å². The number of hydrogen-bond donors (Lipinski definition) is 0. The van der Waals surface area contributed by atoms with Gasteiger partial charge >= 0.3 is 5.82 Å². The number of aromatic nitrogens is 1. The second-order valence-electron chi connectivity index (χ2n) is 4.17. The van der Waals surface area contributed by atoms with Gasteiger partial charge in [0.05, 0.1) is 5.69 Å². The fourth-order valence-electron chi connectivity index (χ4n) is 2.14. The zero-order valence-corrected chi connectivity index (χ0v) is 9.30. The van der Waals surface area contributed by atoms with Crippen molar-refractivity contribution in [2.45, 2.75) is 32.2 Å². The summed E-state index contributed by atoms with van der Waals surface area (Å²) in [5.41, 5.74) is 0.984. The molecule has 2 rings (SSSR count). The Morgan fingerprint density at radius 3 is 2.88 bits per heavy atom. The summed E-state index contributed by atoms with van der Waals surface area (Å²) in [7, 11) is 0. The van der Waals surface area contributed by atoms with Gasteiger partial charge in [-0.25, -0.2) is 0 Å². The van der Waals surface area contributed by atoms with Gasteiger partial charge in [0.25, 0.3) is 0 Å². The highest BCUT2D eigenvalue weighted by Crippen LogP contribution is 2.24. The highest BCUT2D eigenvalue weighted by atomic mass is 16.6. The van der Waals surface area contributed by atoms with Crippen LogP contribution in [0.1, 0.15) is 26.2 Å². The summed E-state index contributed by atoms with van der Waals surface area (Å²) in [5.74, 6) is -0.0894. The summed E-state index contributed by atoms with van der Waals surface area (Å²) in [6.45, 7) is 3.20. The second kappa shape index (κ2) is 4.47. The van der Waals surface area contributed by atoms with Crippen molar-refractivity contribution in [2.24, 2.45) is 0 Å². The predicted molar refractivity (Wildman–Crippen MR) is 61.6 cm³/mol. The first kappa shape index (κ1) is 10.9. The minimum Gasteiger partial charge on any atom is -0.366 e. The Bertz CT molecular complexity index is 377. The van der Waals surface area contributed by atoms with Crippen molar-refractivity contribution in [3.05, 3.63) is 28.4 Å². The lowest BCUT2D eigenvalue weighted by Crippen LogP contribution is -2.37. The van der Waals surface area contributed by atoms with Crippen LogP contribution in [0.4, 0.5) is 11.5 Å². The van der Waals surface area contributed by atoms with Crippen LogP contribution >= 0.6 is 0 Å². The SMILES string of the molecule is C[C@@H]1CCCCN1c1ccc([N+](=O)[O-])nc1. The molecule has 0 amide bonds. The Morgan fingerprint density at radius 2 is 2.31 bits per heavy atom. The number of rotatable bonds is 2. The Morgan fingerprint density at radius 1 is 1.50 bits per heavy atom. The number of hydrogen-bond acceptors (Lipinski definition) is 4. The van der Waals surface area contributed by atoms with Crippen LogP contribution in [-0.2, 0) is 0 Å². The van der Waals surface area contributed by atoms with E-state index in [2.05, 4.69) is 16.8 Å². The number of pyridine rings is 1. The summed E-state index contributed by atoms with van der Waals surface area (Å²) >= 11 is 0. The summed E-state index contributed by atoms with van der Waals surface area (Å²) in [5, 5.41) is 10.5. The van der Waals surface area contributed by atoms with Gasteiger partial charge in [-0.2, -0.15) is 0 Å². The molecule has 0 aliphatic carbocycles. The molecule has 1 saturated heterocycles. The van der Waals surface area contributed by atoms with Gasteiger partial charge in [-0.1, -0.05) is 0 Å². The van der Waals surface area contributed by atoms with Crippen molar-refractivity contribution in [1.82, 2.24) is 4.98 Å². The highest BCUT2D eigenvalue weighted by Gasteiger charge is 2.20. The Hall–Kier alpha value is -1.65. The third kappa shape index (κ3) is 2.13. The normalized spacial score (nSPS) is 20.8. The molecule has 0 bridgehead atoms. The van der Waals surface area contributed by atoms with Gasteiger partial charge in [-0.05, 0) is 42.2 Å². The average Bonchev–Trinajstić information content (AvgIpc) is 2.30. The molecule has 0 N–H and O–H groups in total. The minimum atomic E-state index is -0.469. The highest BCUT2D eigenvalue weighted by molar-refractivity contribution is 5.47. The van der Waals surface area contributed by atoms with E-state index in [-0.39, 0.29) is 5.82 Å². The van der Waals surface area contributed by atoms with Crippen LogP contribution in [0.2, 0.25) is 0 Å². The van der Waals surface area contributed by atoms with Crippen molar-refractivity contribution >= 4 is 11.5 Å². The van der Waals surface area contributed by atoms with Crippen molar-refractivity contribution < 1.29 is 4.92 Å². The molecule has 1 fully saturated rings. The van der Waals surface area contributed by atoms with Gasteiger partial charge in [-0.3, -0.25) is 0 Å². The molecule has 0 radical (unpaired) electrons. The molecule has 1 aromatic rings. The maximum Gasteiger partial charge on any atom is 0.363 e. The monoisotopic (exact) mass is 221 g/mol. The minimum absolute atomic E-state index is 0.0894. The zero-order valence-electron chi connectivity index (χ0n) is 9.30. The smallest absolute Gasteiger partial charge is 0.363 e. The molecule has 86 valence electrons. The molecule has 5 nitrogen and oxygen atoms in total. The van der Waals surface area contributed by atoms with E-state index in [1.165, 1.54) is 25.3 Å². The third-order valence-electron chi connectivity index (χ3n) is 3.05. The van der Waals surface area contributed by atoms with Crippen molar-refractivity contribution in [2.75, 3.05) is 11.4 Å². The largest absolute Gasteiger partial charge is 0.366 e. The topological polar surface area (TPSA) is 59.3 Å². The number of nitrogens with zero attached hydrogens (tertiary/aromatic N) is 3. The molecule has 5 heteroatoms. The van der Waals surface area contributed by atoms with Crippen LogP contribution in [0.25, 0.3) is 0 Å². The van der Waals surface area contributed by atoms with Gasteiger partial charge in [0, 0.05) is 18.7 Å². The first-order chi connectivity index (χ1) is 7.68. The molecule has 1 aliphatic heterocycles. The van der Waals surface area contributed by atoms with Gasteiger partial charge in [-0.15, -0.1) is 0 Å². The molecule has 0 spiro atoms. The molecule has 0 aromatic carbocycles. The van der Waals surface area contributed by atoms with E-state index in [1.54, 1.807) is 12.3 Å². The van der Waals surface area contributed by atoms with Crippen molar-refractivity contribution in [3.63, 3.8) is 0 Å². The number of nitro groups is 1. The quantitative estimate of drug-likeness (QED) is 0.568. The average molecular weight is 221 g/mol. The molecule has 1 aromatic heterocycles. The van der Waals surface area contributed by atoms with Crippen LogP contribution in [-0.4, -0.2) is 22.5 Å².